The van der Waals surface area contributed by atoms with Crippen molar-refractivity contribution in [3.05, 3.63) is 95.1 Å². The van der Waals surface area contributed by atoms with Crippen molar-refractivity contribution in [3.8, 4) is 5.75 Å². The van der Waals surface area contributed by atoms with E-state index in [4.69, 9.17) is 5.73 Å². The zero-order valence-electron chi connectivity index (χ0n) is 28.0. The molecule has 8 heteroatoms. The average Bonchev–Trinajstić information content (AvgIpc) is 3.13. The number of unbranched alkanes of at least 4 members (excludes halogenated alkanes) is 9. The van der Waals surface area contributed by atoms with Crippen LogP contribution in [-0.2, 0) is 0 Å². The molecule has 8 rings (SSSR count). The number of carbonyl (C=O) groups is 4. The maximum absolute atomic E-state index is 13.9. The molecule has 0 saturated heterocycles. The highest BCUT2D eigenvalue weighted by Crippen LogP contribution is 2.46. The summed E-state index contributed by atoms with van der Waals surface area (Å²) < 4.78 is 0. The van der Waals surface area contributed by atoms with Crippen LogP contribution in [0.5, 0.6) is 5.75 Å². The maximum Gasteiger partial charge on any atom is 0.265 e. The summed E-state index contributed by atoms with van der Waals surface area (Å²) in [5.41, 5.74) is 7.84. The van der Waals surface area contributed by atoms with Crippen LogP contribution >= 0.6 is 0 Å². The number of anilines is 1. The number of nitrogens with two attached hydrogens (primary N) is 1. The predicted molar refractivity (Wildman–Crippen MR) is 197 cm³/mol. The van der Waals surface area contributed by atoms with Crippen molar-refractivity contribution in [3.63, 3.8) is 0 Å². The van der Waals surface area contributed by atoms with E-state index in [1.165, 1.54) is 55.6 Å². The molecule has 0 fully saturated rings. The first-order valence-corrected chi connectivity index (χ1v) is 17.8. The van der Waals surface area contributed by atoms with E-state index in [0.717, 1.165) is 69.4 Å². The van der Waals surface area contributed by atoms with Gasteiger partial charge in [-0.05, 0) is 100 Å². The molecule has 2 aliphatic rings. The van der Waals surface area contributed by atoms with Crippen molar-refractivity contribution in [1.82, 2.24) is 4.90 Å². The summed E-state index contributed by atoms with van der Waals surface area (Å²) in [5.74, 6) is -1.34. The van der Waals surface area contributed by atoms with Crippen molar-refractivity contribution in [1.29, 1.82) is 0 Å². The average molecular weight is 666 g/mol. The maximum atomic E-state index is 13.9. The SMILES string of the molecule is NCCCCCCCCCCCCN1C(=O)c2ccc3c4ccc5c6c(ccc(c7ccc(c2c37)C1=O)c64)C(=O)N(c1ccc(O)cc1)C5=O. The number of benzene rings is 6. The van der Waals surface area contributed by atoms with Crippen LogP contribution in [0, 0.1) is 0 Å². The Morgan fingerprint density at radius 2 is 0.820 bits per heavy atom. The Morgan fingerprint density at radius 3 is 1.24 bits per heavy atom. The lowest BCUT2D eigenvalue weighted by molar-refractivity contribution is 0.0607. The Kier molecular flexibility index (Phi) is 8.19. The summed E-state index contributed by atoms with van der Waals surface area (Å²) >= 11 is 0. The molecule has 8 nitrogen and oxygen atoms in total. The van der Waals surface area contributed by atoms with Gasteiger partial charge in [0.2, 0.25) is 0 Å². The van der Waals surface area contributed by atoms with Gasteiger partial charge in [0, 0.05) is 39.6 Å². The van der Waals surface area contributed by atoms with E-state index in [1.807, 2.05) is 36.4 Å². The summed E-state index contributed by atoms with van der Waals surface area (Å²) in [5, 5.41) is 16.1. The van der Waals surface area contributed by atoms with E-state index >= 15 is 0 Å². The number of carbonyl (C=O) groups excluding carboxylic acids is 4. The molecule has 0 saturated carbocycles. The van der Waals surface area contributed by atoms with Crippen molar-refractivity contribution in [2.24, 2.45) is 5.73 Å². The van der Waals surface area contributed by atoms with Crippen LogP contribution in [0.3, 0.4) is 0 Å². The fourth-order valence-electron chi connectivity index (χ4n) is 8.19. The number of nitrogens with zero attached hydrogens (tertiary/aromatic N) is 2. The summed E-state index contributed by atoms with van der Waals surface area (Å²) in [6.45, 7) is 1.17. The minimum Gasteiger partial charge on any atom is -0.508 e. The van der Waals surface area contributed by atoms with Crippen LogP contribution < -0.4 is 10.6 Å². The second-order valence-electron chi connectivity index (χ2n) is 13.7. The molecule has 252 valence electrons. The van der Waals surface area contributed by atoms with Gasteiger partial charge >= 0.3 is 0 Å². The van der Waals surface area contributed by atoms with E-state index in [2.05, 4.69) is 0 Å². The second kappa shape index (κ2) is 12.8. The van der Waals surface area contributed by atoms with Gasteiger partial charge in [-0.15, -0.1) is 0 Å². The fourth-order valence-corrected chi connectivity index (χ4v) is 8.19. The molecular formula is C42H39N3O5. The van der Waals surface area contributed by atoms with E-state index in [-0.39, 0.29) is 17.6 Å². The Bertz CT molecular complexity index is 2220. The smallest absolute Gasteiger partial charge is 0.265 e. The molecule has 6 aromatic rings. The molecule has 2 heterocycles. The van der Waals surface area contributed by atoms with Crippen molar-refractivity contribution >= 4 is 72.4 Å². The molecule has 0 unspecified atom stereocenters. The number of amides is 4. The van der Waals surface area contributed by atoms with Gasteiger partial charge in [0.1, 0.15) is 5.75 Å². The Balaban J connectivity index is 1.10. The van der Waals surface area contributed by atoms with Crippen molar-refractivity contribution in [2.45, 2.75) is 64.2 Å². The Hall–Kier alpha value is -5.34. The molecular weight excluding hydrogens is 626 g/mol. The third-order valence-electron chi connectivity index (χ3n) is 10.7. The van der Waals surface area contributed by atoms with Gasteiger partial charge < -0.3 is 10.8 Å². The van der Waals surface area contributed by atoms with Gasteiger partial charge in [-0.3, -0.25) is 24.1 Å². The van der Waals surface area contributed by atoms with E-state index in [0.29, 0.717) is 45.3 Å². The van der Waals surface area contributed by atoms with Crippen molar-refractivity contribution < 1.29 is 24.3 Å². The third-order valence-corrected chi connectivity index (χ3v) is 10.7. The first-order chi connectivity index (χ1) is 24.4. The lowest BCUT2D eigenvalue weighted by atomic mass is 9.82. The number of hydrogen-bond acceptors (Lipinski definition) is 6. The number of rotatable bonds is 13. The van der Waals surface area contributed by atoms with Crippen LogP contribution in [0.4, 0.5) is 5.69 Å². The molecule has 0 atom stereocenters. The zero-order chi connectivity index (χ0) is 34.5. The molecule has 0 radical (unpaired) electrons. The van der Waals surface area contributed by atoms with Gasteiger partial charge in [0.05, 0.1) is 5.69 Å². The summed E-state index contributed by atoms with van der Waals surface area (Å²) in [4.78, 5) is 58.0. The standard InChI is InChI=1S/C42H39N3O5/c43-23-9-7-5-3-1-2-4-6-8-10-24-44-39(47)31-19-15-27-29-17-21-33-38-34(42(50)45(41(33)49)25-11-13-26(46)14-12-25)22-18-30(36(29)38)28-16-20-32(40(44)48)37(31)35(27)28/h11-22,46H,1-10,23-24,43H2. The number of phenolic OH excluding ortho intramolecular Hbond substituents is 1. The van der Waals surface area contributed by atoms with E-state index in [1.54, 1.807) is 24.3 Å². The van der Waals surface area contributed by atoms with Gasteiger partial charge in [-0.2, -0.15) is 0 Å². The molecule has 3 N–H and O–H groups in total. The van der Waals surface area contributed by atoms with Gasteiger partial charge in [-0.1, -0.05) is 75.6 Å². The summed E-state index contributed by atoms with van der Waals surface area (Å²) in [6, 6.07) is 20.9. The lowest BCUT2D eigenvalue weighted by Gasteiger charge is -2.30. The molecule has 0 aromatic heterocycles. The van der Waals surface area contributed by atoms with Gasteiger partial charge in [-0.25, -0.2) is 4.90 Å². The largest absolute Gasteiger partial charge is 0.508 e. The van der Waals surface area contributed by atoms with Gasteiger partial charge in [0.25, 0.3) is 23.6 Å². The topological polar surface area (TPSA) is 121 Å². The molecule has 2 aliphatic heterocycles. The molecule has 50 heavy (non-hydrogen) atoms. The Labute approximate surface area is 289 Å². The Morgan fingerprint density at radius 1 is 0.440 bits per heavy atom. The molecule has 0 spiro atoms. The van der Waals surface area contributed by atoms with E-state index < -0.39 is 11.8 Å². The second-order valence-corrected chi connectivity index (χ2v) is 13.7. The molecule has 0 aliphatic carbocycles. The number of hydrogen-bond donors (Lipinski definition) is 2. The van der Waals surface area contributed by atoms with Crippen LogP contribution in [-0.4, -0.2) is 46.7 Å². The van der Waals surface area contributed by atoms with Gasteiger partial charge in [0.15, 0.2) is 0 Å². The highest BCUT2D eigenvalue weighted by atomic mass is 16.3. The normalized spacial score (nSPS) is 14.4. The first kappa shape index (κ1) is 31.9. The number of imide groups is 2. The highest BCUT2D eigenvalue weighted by molar-refractivity contribution is 6.43. The quantitative estimate of drug-likeness (QED) is 0.0551. The minimum absolute atomic E-state index is 0.0429. The number of fused-ring (bicyclic) bond motifs is 2. The summed E-state index contributed by atoms with van der Waals surface area (Å²) in [7, 11) is 0. The first-order valence-electron chi connectivity index (χ1n) is 17.8. The molecule has 0 bridgehead atoms. The van der Waals surface area contributed by atoms with Crippen molar-refractivity contribution in [2.75, 3.05) is 18.0 Å². The number of aromatic hydroxyl groups is 1. The fraction of sp³-hybridized carbons (Fsp3) is 0.286. The van der Waals surface area contributed by atoms with Crippen LogP contribution in [0.2, 0.25) is 0 Å². The van der Waals surface area contributed by atoms with Crippen LogP contribution in [0.15, 0.2) is 72.8 Å². The van der Waals surface area contributed by atoms with E-state index in [9.17, 15) is 24.3 Å². The number of phenols is 1. The summed E-state index contributed by atoms with van der Waals surface area (Å²) in [6.07, 6.45) is 11.3. The third kappa shape index (κ3) is 5.00. The predicted octanol–water partition coefficient (Wildman–Crippen LogP) is 8.70. The molecule has 6 aromatic carbocycles. The zero-order valence-corrected chi connectivity index (χ0v) is 28.0. The highest BCUT2D eigenvalue weighted by Gasteiger charge is 2.37. The molecule has 4 amide bonds. The lowest BCUT2D eigenvalue weighted by Crippen LogP contribution is -2.41. The van der Waals surface area contributed by atoms with Crippen LogP contribution in [0.25, 0.3) is 43.1 Å². The monoisotopic (exact) mass is 665 g/mol. The van der Waals surface area contributed by atoms with Crippen LogP contribution in [0.1, 0.15) is 106 Å². The minimum atomic E-state index is -0.432.